The number of nitrogens with two attached hydrogens (primary N) is 1. The van der Waals surface area contributed by atoms with Crippen LogP contribution in [0, 0.1) is 0 Å². The lowest BCUT2D eigenvalue weighted by molar-refractivity contribution is -0.254. The average molecular weight is 245 g/mol. The van der Waals surface area contributed by atoms with E-state index in [0.29, 0.717) is 10.2 Å². The van der Waals surface area contributed by atoms with Crippen LogP contribution in [0.5, 0.6) is 5.75 Å². The summed E-state index contributed by atoms with van der Waals surface area (Å²) >= 11 is 3.17. The molecule has 4 nitrogen and oxygen atoms in total. The summed E-state index contributed by atoms with van der Waals surface area (Å²) in [6, 6.07) is 2.78. The summed E-state index contributed by atoms with van der Waals surface area (Å²) in [4.78, 5) is 10.5. The molecule has 1 rings (SSSR count). The number of benzene rings is 1. The molecule has 13 heavy (non-hydrogen) atoms. The molecule has 0 heterocycles. The Morgan fingerprint density at radius 3 is 2.69 bits per heavy atom. The van der Waals surface area contributed by atoms with E-state index in [1.54, 1.807) is 0 Å². The molecule has 0 aliphatic rings. The SMILES string of the molecule is COc1cc(C(=O)[O-])c(N)cc1Br. The number of anilines is 1. The van der Waals surface area contributed by atoms with Gasteiger partial charge >= 0.3 is 0 Å². The predicted octanol–water partition coefficient (Wildman–Crippen LogP) is 0.403. The Hall–Kier alpha value is -1.23. The molecule has 0 fully saturated rings. The van der Waals surface area contributed by atoms with Gasteiger partial charge < -0.3 is 20.4 Å². The zero-order valence-electron chi connectivity index (χ0n) is 6.83. The molecule has 0 radical (unpaired) electrons. The number of carbonyl (C=O) groups is 1. The minimum atomic E-state index is -1.32. The largest absolute Gasteiger partial charge is 0.545 e. The van der Waals surface area contributed by atoms with Crippen molar-refractivity contribution in [3.63, 3.8) is 0 Å². The number of carbonyl (C=O) groups excluding carboxylic acids is 1. The van der Waals surface area contributed by atoms with E-state index in [0.717, 1.165) is 0 Å². The Bertz CT molecular complexity index is 351. The smallest absolute Gasteiger partial charge is 0.133 e. The molecule has 0 saturated heterocycles. The van der Waals surface area contributed by atoms with Gasteiger partial charge in [0.05, 0.1) is 17.6 Å². The number of nitrogen functional groups attached to an aromatic ring is 1. The molecule has 0 bridgehead atoms. The van der Waals surface area contributed by atoms with Crippen molar-refractivity contribution in [2.75, 3.05) is 12.8 Å². The van der Waals surface area contributed by atoms with Crippen LogP contribution < -0.4 is 15.6 Å². The zero-order chi connectivity index (χ0) is 10.0. The summed E-state index contributed by atoms with van der Waals surface area (Å²) in [6.07, 6.45) is 0. The van der Waals surface area contributed by atoms with E-state index >= 15 is 0 Å². The number of hydrogen-bond acceptors (Lipinski definition) is 4. The molecule has 5 heteroatoms. The first-order valence-electron chi connectivity index (χ1n) is 3.40. The Kier molecular flexibility index (Phi) is 2.77. The van der Waals surface area contributed by atoms with Crippen LogP contribution in [-0.2, 0) is 0 Å². The summed E-state index contributed by atoms with van der Waals surface area (Å²) in [5, 5.41) is 10.5. The molecular formula is C8H7BrNO3-. The number of halogens is 1. The van der Waals surface area contributed by atoms with Gasteiger partial charge in [-0.2, -0.15) is 0 Å². The highest BCUT2D eigenvalue weighted by molar-refractivity contribution is 9.10. The molecule has 0 aromatic heterocycles. The molecule has 0 spiro atoms. The highest BCUT2D eigenvalue weighted by atomic mass is 79.9. The lowest BCUT2D eigenvalue weighted by atomic mass is 10.2. The highest BCUT2D eigenvalue weighted by Crippen LogP contribution is 2.29. The maximum atomic E-state index is 10.5. The van der Waals surface area contributed by atoms with Crippen molar-refractivity contribution in [1.82, 2.24) is 0 Å². The molecule has 0 unspecified atom stereocenters. The Labute approximate surface area is 83.4 Å². The lowest BCUT2D eigenvalue weighted by Crippen LogP contribution is -2.23. The third-order valence-electron chi connectivity index (χ3n) is 1.54. The van der Waals surface area contributed by atoms with Gasteiger partial charge in [0.2, 0.25) is 0 Å². The second-order valence-electron chi connectivity index (χ2n) is 2.36. The molecular weight excluding hydrogens is 238 g/mol. The van der Waals surface area contributed by atoms with E-state index in [-0.39, 0.29) is 11.3 Å². The van der Waals surface area contributed by atoms with Crippen molar-refractivity contribution in [3.8, 4) is 5.75 Å². The summed E-state index contributed by atoms with van der Waals surface area (Å²) in [5.41, 5.74) is 5.52. The first-order valence-corrected chi connectivity index (χ1v) is 4.20. The maximum Gasteiger partial charge on any atom is 0.133 e. The summed E-state index contributed by atoms with van der Waals surface area (Å²) < 4.78 is 5.51. The van der Waals surface area contributed by atoms with E-state index in [2.05, 4.69) is 15.9 Å². The number of carboxylic acids is 1. The monoisotopic (exact) mass is 244 g/mol. The van der Waals surface area contributed by atoms with Gasteiger partial charge in [0.1, 0.15) is 5.75 Å². The number of rotatable bonds is 2. The molecule has 0 aliphatic carbocycles. The summed E-state index contributed by atoms with van der Waals surface area (Å²) in [6.45, 7) is 0. The molecule has 0 atom stereocenters. The van der Waals surface area contributed by atoms with Crippen LogP contribution in [0.25, 0.3) is 0 Å². The molecule has 1 aromatic carbocycles. The maximum absolute atomic E-state index is 10.5. The molecule has 0 aliphatic heterocycles. The molecule has 0 saturated carbocycles. The van der Waals surface area contributed by atoms with Crippen molar-refractivity contribution in [2.24, 2.45) is 0 Å². The highest BCUT2D eigenvalue weighted by Gasteiger charge is 2.06. The van der Waals surface area contributed by atoms with Gasteiger partial charge in [-0.3, -0.25) is 0 Å². The van der Waals surface area contributed by atoms with Crippen LogP contribution in [-0.4, -0.2) is 13.1 Å². The Balaban J connectivity index is 3.30. The van der Waals surface area contributed by atoms with Gasteiger partial charge in [-0.1, -0.05) is 0 Å². The minimum Gasteiger partial charge on any atom is -0.545 e. The van der Waals surface area contributed by atoms with E-state index in [4.69, 9.17) is 10.5 Å². The second kappa shape index (κ2) is 3.66. The van der Waals surface area contributed by atoms with Crippen molar-refractivity contribution < 1.29 is 14.6 Å². The van der Waals surface area contributed by atoms with Gasteiger partial charge in [0.25, 0.3) is 0 Å². The number of hydrogen-bond donors (Lipinski definition) is 1. The third-order valence-corrected chi connectivity index (χ3v) is 2.16. The van der Waals surface area contributed by atoms with Gasteiger partial charge in [-0.05, 0) is 28.1 Å². The number of methoxy groups -OCH3 is 1. The standard InChI is InChI=1S/C8H8BrNO3/c1-13-7-2-4(8(11)12)6(10)3-5(7)9/h2-3H,10H2,1H3,(H,11,12)/p-1. The van der Waals surface area contributed by atoms with Crippen LogP contribution in [0.3, 0.4) is 0 Å². The number of ether oxygens (including phenoxy) is 1. The Morgan fingerprint density at radius 2 is 2.23 bits per heavy atom. The van der Waals surface area contributed by atoms with Gasteiger partial charge in [-0.15, -0.1) is 0 Å². The lowest BCUT2D eigenvalue weighted by Gasteiger charge is -2.10. The zero-order valence-corrected chi connectivity index (χ0v) is 8.42. The summed E-state index contributed by atoms with van der Waals surface area (Å²) in [5.74, 6) is -0.906. The predicted molar refractivity (Wildman–Crippen MR) is 49.4 cm³/mol. The third kappa shape index (κ3) is 1.92. The van der Waals surface area contributed by atoms with Crippen LogP contribution in [0.1, 0.15) is 10.4 Å². The van der Waals surface area contributed by atoms with Gasteiger partial charge in [0, 0.05) is 11.3 Å². The topological polar surface area (TPSA) is 75.4 Å². The van der Waals surface area contributed by atoms with Gasteiger partial charge in [0.15, 0.2) is 0 Å². The fourth-order valence-corrected chi connectivity index (χ4v) is 1.42. The summed E-state index contributed by atoms with van der Waals surface area (Å²) in [7, 11) is 1.44. The first-order chi connectivity index (χ1) is 6.06. The van der Waals surface area contributed by atoms with Crippen LogP contribution in [0.4, 0.5) is 5.69 Å². The van der Waals surface area contributed by atoms with Gasteiger partial charge in [-0.25, -0.2) is 0 Å². The quantitative estimate of drug-likeness (QED) is 0.765. The van der Waals surface area contributed by atoms with Crippen molar-refractivity contribution in [1.29, 1.82) is 0 Å². The van der Waals surface area contributed by atoms with Crippen molar-refractivity contribution in [3.05, 3.63) is 22.2 Å². The van der Waals surface area contributed by atoms with E-state index in [9.17, 15) is 9.90 Å². The van der Waals surface area contributed by atoms with Crippen molar-refractivity contribution in [2.45, 2.75) is 0 Å². The van der Waals surface area contributed by atoms with Crippen LogP contribution in [0.15, 0.2) is 16.6 Å². The average Bonchev–Trinajstić information content (AvgIpc) is 2.03. The number of aromatic carboxylic acids is 1. The molecule has 0 amide bonds. The normalized spacial score (nSPS) is 9.69. The fourth-order valence-electron chi connectivity index (χ4n) is 0.902. The second-order valence-corrected chi connectivity index (χ2v) is 3.22. The van der Waals surface area contributed by atoms with Crippen molar-refractivity contribution >= 4 is 27.6 Å². The molecule has 1 aromatic rings. The Morgan fingerprint density at radius 1 is 1.62 bits per heavy atom. The van der Waals surface area contributed by atoms with Crippen LogP contribution >= 0.6 is 15.9 Å². The minimum absolute atomic E-state index is 0.0694. The van der Waals surface area contributed by atoms with Crippen LogP contribution in [0.2, 0.25) is 0 Å². The molecule has 70 valence electrons. The first kappa shape index (κ1) is 9.85. The van der Waals surface area contributed by atoms with E-state index in [1.807, 2.05) is 0 Å². The number of carboxylic acid groups (broad SMARTS) is 1. The fraction of sp³-hybridized carbons (Fsp3) is 0.125. The van der Waals surface area contributed by atoms with E-state index in [1.165, 1.54) is 19.2 Å². The molecule has 2 N–H and O–H groups in total. The van der Waals surface area contributed by atoms with E-state index < -0.39 is 5.97 Å².